The lowest BCUT2D eigenvalue weighted by atomic mass is 10.2. The standard InChI is InChI=1S/C15H18FN5/c16-13-3-1-2-4-14(13)21-7-5-20(6-8-21)11-12-9-19-15(17)10-18-12/h1-4,9-10H,5-8,11H2,(H2,17,19). The average Bonchev–Trinajstić information content (AvgIpc) is 2.51. The summed E-state index contributed by atoms with van der Waals surface area (Å²) in [5.41, 5.74) is 7.12. The largest absolute Gasteiger partial charge is 0.382 e. The zero-order valence-electron chi connectivity index (χ0n) is 11.7. The number of nitrogen functional groups attached to an aromatic ring is 1. The van der Waals surface area contributed by atoms with Crippen LogP contribution < -0.4 is 10.6 Å². The van der Waals surface area contributed by atoms with E-state index in [4.69, 9.17) is 5.73 Å². The lowest BCUT2D eigenvalue weighted by Crippen LogP contribution is -2.46. The number of para-hydroxylation sites is 1. The molecule has 2 N–H and O–H groups in total. The van der Waals surface area contributed by atoms with Crippen molar-refractivity contribution in [1.82, 2.24) is 14.9 Å². The predicted octanol–water partition coefficient (Wildman–Crippen LogP) is 1.52. The highest BCUT2D eigenvalue weighted by atomic mass is 19.1. The third kappa shape index (κ3) is 3.28. The van der Waals surface area contributed by atoms with E-state index in [1.54, 1.807) is 18.5 Å². The zero-order chi connectivity index (χ0) is 14.7. The summed E-state index contributed by atoms with van der Waals surface area (Å²) in [5.74, 6) is 0.276. The third-order valence-electron chi connectivity index (χ3n) is 3.68. The Morgan fingerprint density at radius 1 is 1.05 bits per heavy atom. The number of benzene rings is 1. The van der Waals surface area contributed by atoms with Crippen molar-refractivity contribution < 1.29 is 4.39 Å². The van der Waals surface area contributed by atoms with Crippen molar-refractivity contribution in [2.45, 2.75) is 6.54 Å². The molecule has 1 aromatic carbocycles. The first-order valence-corrected chi connectivity index (χ1v) is 7.00. The molecule has 0 atom stereocenters. The molecule has 110 valence electrons. The number of anilines is 2. The molecule has 0 unspecified atom stereocenters. The van der Waals surface area contributed by atoms with Crippen LogP contribution in [0.2, 0.25) is 0 Å². The lowest BCUT2D eigenvalue weighted by molar-refractivity contribution is 0.246. The minimum Gasteiger partial charge on any atom is -0.382 e. The molecule has 0 radical (unpaired) electrons. The molecule has 2 heterocycles. The SMILES string of the molecule is Nc1cnc(CN2CCN(c3ccccc3F)CC2)cn1. The highest BCUT2D eigenvalue weighted by Crippen LogP contribution is 2.20. The predicted molar refractivity (Wildman–Crippen MR) is 80.3 cm³/mol. The Hall–Kier alpha value is -2.21. The minimum atomic E-state index is -0.157. The van der Waals surface area contributed by atoms with Gasteiger partial charge in [0.2, 0.25) is 0 Å². The van der Waals surface area contributed by atoms with Crippen molar-refractivity contribution in [3.63, 3.8) is 0 Å². The van der Waals surface area contributed by atoms with Crippen LogP contribution in [0.5, 0.6) is 0 Å². The van der Waals surface area contributed by atoms with Gasteiger partial charge in [-0.3, -0.25) is 9.88 Å². The Morgan fingerprint density at radius 2 is 1.81 bits per heavy atom. The van der Waals surface area contributed by atoms with E-state index < -0.39 is 0 Å². The van der Waals surface area contributed by atoms with Gasteiger partial charge in [-0.1, -0.05) is 12.1 Å². The summed E-state index contributed by atoms with van der Waals surface area (Å²) in [7, 11) is 0. The maximum Gasteiger partial charge on any atom is 0.146 e. The molecule has 6 heteroatoms. The maximum absolute atomic E-state index is 13.8. The summed E-state index contributed by atoms with van der Waals surface area (Å²) in [6.45, 7) is 4.12. The van der Waals surface area contributed by atoms with Gasteiger partial charge >= 0.3 is 0 Å². The first-order valence-electron chi connectivity index (χ1n) is 7.00. The van der Waals surface area contributed by atoms with Crippen LogP contribution in [0.1, 0.15) is 5.69 Å². The number of hydrogen-bond donors (Lipinski definition) is 1. The van der Waals surface area contributed by atoms with Crippen LogP contribution in [0.25, 0.3) is 0 Å². The van der Waals surface area contributed by atoms with Crippen molar-refractivity contribution in [2.24, 2.45) is 0 Å². The number of halogens is 1. The Labute approximate surface area is 123 Å². The van der Waals surface area contributed by atoms with Gasteiger partial charge in [0.25, 0.3) is 0 Å². The van der Waals surface area contributed by atoms with E-state index in [1.165, 1.54) is 6.07 Å². The molecular formula is C15H18FN5. The first kappa shape index (κ1) is 13.8. The van der Waals surface area contributed by atoms with Crippen LogP contribution in [0.15, 0.2) is 36.7 Å². The van der Waals surface area contributed by atoms with Crippen molar-refractivity contribution in [1.29, 1.82) is 0 Å². The monoisotopic (exact) mass is 287 g/mol. The van der Waals surface area contributed by atoms with Crippen LogP contribution in [0, 0.1) is 5.82 Å². The fourth-order valence-corrected chi connectivity index (χ4v) is 2.53. The van der Waals surface area contributed by atoms with Crippen LogP contribution in [0.4, 0.5) is 15.9 Å². The van der Waals surface area contributed by atoms with E-state index in [2.05, 4.69) is 19.8 Å². The minimum absolute atomic E-state index is 0.157. The molecule has 1 aliphatic rings. The smallest absolute Gasteiger partial charge is 0.146 e. The third-order valence-corrected chi connectivity index (χ3v) is 3.68. The van der Waals surface area contributed by atoms with E-state index in [0.29, 0.717) is 11.5 Å². The second-order valence-electron chi connectivity index (χ2n) is 5.15. The molecule has 0 amide bonds. The van der Waals surface area contributed by atoms with Gasteiger partial charge in [0.15, 0.2) is 0 Å². The van der Waals surface area contributed by atoms with Crippen LogP contribution in [-0.2, 0) is 6.54 Å². The van der Waals surface area contributed by atoms with Crippen molar-refractivity contribution in [3.05, 3.63) is 48.2 Å². The summed E-state index contributed by atoms with van der Waals surface area (Å²) in [6, 6.07) is 6.92. The molecule has 0 saturated carbocycles. The summed E-state index contributed by atoms with van der Waals surface area (Å²) >= 11 is 0. The Kier molecular flexibility index (Phi) is 3.96. The van der Waals surface area contributed by atoms with Gasteiger partial charge in [0.05, 0.1) is 23.8 Å². The first-order chi connectivity index (χ1) is 10.2. The van der Waals surface area contributed by atoms with Gasteiger partial charge in [-0.2, -0.15) is 0 Å². The molecule has 3 rings (SSSR count). The molecule has 0 spiro atoms. The fraction of sp³-hybridized carbons (Fsp3) is 0.333. The number of piperazine rings is 1. The van der Waals surface area contributed by atoms with Gasteiger partial charge in [-0.15, -0.1) is 0 Å². The van der Waals surface area contributed by atoms with Crippen LogP contribution >= 0.6 is 0 Å². The van der Waals surface area contributed by atoms with Crippen molar-refractivity contribution in [2.75, 3.05) is 36.8 Å². The Bertz CT molecular complexity index is 593. The number of rotatable bonds is 3. The maximum atomic E-state index is 13.8. The molecule has 1 aliphatic heterocycles. The molecular weight excluding hydrogens is 269 g/mol. The second-order valence-corrected chi connectivity index (χ2v) is 5.15. The topological polar surface area (TPSA) is 58.3 Å². The quantitative estimate of drug-likeness (QED) is 0.927. The zero-order valence-corrected chi connectivity index (χ0v) is 11.7. The van der Waals surface area contributed by atoms with Crippen LogP contribution in [-0.4, -0.2) is 41.0 Å². The number of nitrogens with two attached hydrogens (primary N) is 1. The summed E-state index contributed by atoms with van der Waals surface area (Å²) < 4.78 is 13.8. The summed E-state index contributed by atoms with van der Waals surface area (Å²) in [4.78, 5) is 12.7. The van der Waals surface area contributed by atoms with E-state index in [1.807, 2.05) is 12.1 Å². The van der Waals surface area contributed by atoms with Gasteiger partial charge in [0, 0.05) is 32.7 Å². The molecule has 2 aromatic rings. The highest BCUT2D eigenvalue weighted by molar-refractivity contribution is 5.48. The molecule has 5 nitrogen and oxygen atoms in total. The van der Waals surface area contributed by atoms with Crippen LogP contribution in [0.3, 0.4) is 0 Å². The fourth-order valence-electron chi connectivity index (χ4n) is 2.53. The molecule has 1 aromatic heterocycles. The Balaban J connectivity index is 1.58. The molecule has 21 heavy (non-hydrogen) atoms. The number of aromatic nitrogens is 2. The molecule has 1 fully saturated rings. The Morgan fingerprint density at radius 3 is 2.48 bits per heavy atom. The normalized spacial score (nSPS) is 16.1. The van der Waals surface area contributed by atoms with Crippen molar-refractivity contribution in [3.8, 4) is 0 Å². The average molecular weight is 287 g/mol. The lowest BCUT2D eigenvalue weighted by Gasteiger charge is -2.36. The van der Waals surface area contributed by atoms with Crippen molar-refractivity contribution >= 4 is 11.5 Å². The van der Waals surface area contributed by atoms with Gasteiger partial charge in [-0.05, 0) is 12.1 Å². The van der Waals surface area contributed by atoms with Gasteiger partial charge in [0.1, 0.15) is 11.6 Å². The number of nitrogens with zero attached hydrogens (tertiary/aromatic N) is 4. The van der Waals surface area contributed by atoms with Gasteiger partial charge in [-0.25, -0.2) is 9.37 Å². The van der Waals surface area contributed by atoms with Gasteiger partial charge < -0.3 is 10.6 Å². The molecule has 0 bridgehead atoms. The van der Waals surface area contributed by atoms with E-state index in [-0.39, 0.29) is 5.82 Å². The summed E-state index contributed by atoms with van der Waals surface area (Å²) in [5, 5.41) is 0. The number of hydrogen-bond acceptors (Lipinski definition) is 5. The molecule has 0 aliphatic carbocycles. The van der Waals surface area contributed by atoms with E-state index in [9.17, 15) is 4.39 Å². The highest BCUT2D eigenvalue weighted by Gasteiger charge is 2.19. The summed E-state index contributed by atoms with van der Waals surface area (Å²) in [6.07, 6.45) is 3.28. The van der Waals surface area contributed by atoms with E-state index in [0.717, 1.165) is 38.4 Å². The van der Waals surface area contributed by atoms with E-state index >= 15 is 0 Å². The molecule has 1 saturated heterocycles. The second kappa shape index (κ2) is 6.05.